The third-order valence-electron chi connectivity index (χ3n) is 3.65. The number of piperidine rings is 1. The van der Waals surface area contributed by atoms with Crippen molar-refractivity contribution in [1.29, 1.82) is 0 Å². The van der Waals surface area contributed by atoms with Crippen molar-refractivity contribution in [2.24, 2.45) is 11.8 Å². The second-order valence-corrected chi connectivity index (χ2v) is 6.05. The van der Waals surface area contributed by atoms with Crippen LogP contribution in [0.1, 0.15) is 25.8 Å². The smallest absolute Gasteiger partial charge is 0.238 e. The van der Waals surface area contributed by atoms with Gasteiger partial charge in [0, 0.05) is 18.8 Å². The summed E-state index contributed by atoms with van der Waals surface area (Å²) < 4.78 is 0. The van der Waals surface area contributed by atoms with Gasteiger partial charge in [-0.05, 0) is 37.3 Å². The minimum atomic E-state index is 0.0881. The van der Waals surface area contributed by atoms with E-state index in [9.17, 15) is 4.79 Å². The minimum Gasteiger partial charge on any atom is -0.325 e. The molecule has 1 aromatic carbocycles. The number of rotatable bonds is 3. The number of nitrogens with zero attached hydrogens (tertiary/aromatic N) is 1. The fraction of sp³-hybridized carbons (Fsp3) is 0.562. The highest BCUT2D eigenvalue weighted by Gasteiger charge is 2.23. The van der Waals surface area contributed by atoms with E-state index in [1.165, 1.54) is 12.0 Å². The fourth-order valence-electron chi connectivity index (χ4n) is 2.96. The van der Waals surface area contributed by atoms with Gasteiger partial charge >= 0.3 is 0 Å². The summed E-state index contributed by atoms with van der Waals surface area (Å²) in [7, 11) is 0. The molecule has 0 radical (unpaired) electrons. The molecule has 0 aliphatic carbocycles. The van der Waals surface area contributed by atoms with Crippen molar-refractivity contribution in [3.8, 4) is 0 Å². The number of carbonyl (C=O) groups excluding carboxylic acids is 1. The molecular formula is C16H24N2O. The van der Waals surface area contributed by atoms with Crippen LogP contribution in [0.3, 0.4) is 0 Å². The molecule has 104 valence electrons. The molecule has 3 heteroatoms. The summed E-state index contributed by atoms with van der Waals surface area (Å²) in [5.41, 5.74) is 2.09. The van der Waals surface area contributed by atoms with Crippen molar-refractivity contribution in [3.05, 3.63) is 29.8 Å². The molecule has 0 aromatic heterocycles. The maximum absolute atomic E-state index is 12.0. The van der Waals surface area contributed by atoms with E-state index in [4.69, 9.17) is 0 Å². The van der Waals surface area contributed by atoms with E-state index >= 15 is 0 Å². The Hall–Kier alpha value is -1.35. The van der Waals surface area contributed by atoms with Gasteiger partial charge in [0.1, 0.15) is 0 Å². The van der Waals surface area contributed by atoms with Crippen molar-refractivity contribution in [3.63, 3.8) is 0 Å². The molecule has 2 atom stereocenters. The molecular weight excluding hydrogens is 236 g/mol. The van der Waals surface area contributed by atoms with Gasteiger partial charge < -0.3 is 5.32 Å². The van der Waals surface area contributed by atoms with E-state index in [-0.39, 0.29) is 5.91 Å². The molecule has 0 saturated carbocycles. The van der Waals surface area contributed by atoms with E-state index < -0.39 is 0 Å². The highest BCUT2D eigenvalue weighted by molar-refractivity contribution is 5.92. The van der Waals surface area contributed by atoms with Gasteiger partial charge in [-0.3, -0.25) is 9.69 Å². The zero-order valence-corrected chi connectivity index (χ0v) is 12.1. The molecule has 1 amide bonds. The number of benzene rings is 1. The Morgan fingerprint density at radius 1 is 1.21 bits per heavy atom. The van der Waals surface area contributed by atoms with Crippen molar-refractivity contribution in [1.82, 2.24) is 4.90 Å². The molecule has 1 fully saturated rings. The first-order chi connectivity index (χ1) is 9.02. The van der Waals surface area contributed by atoms with Gasteiger partial charge in [0.15, 0.2) is 0 Å². The summed E-state index contributed by atoms with van der Waals surface area (Å²) in [5.74, 6) is 1.47. The lowest BCUT2D eigenvalue weighted by Crippen LogP contribution is -2.42. The lowest BCUT2D eigenvalue weighted by Gasteiger charge is -2.34. The SMILES string of the molecule is Cc1ccc(NC(=O)CN2C[C@H](C)C[C@H](C)C2)cc1. The molecule has 0 bridgehead atoms. The molecule has 19 heavy (non-hydrogen) atoms. The van der Waals surface area contributed by atoms with Crippen LogP contribution in [0.25, 0.3) is 0 Å². The second-order valence-electron chi connectivity index (χ2n) is 6.05. The number of hydrogen-bond acceptors (Lipinski definition) is 2. The number of amides is 1. The molecule has 1 aliphatic rings. The van der Waals surface area contributed by atoms with Crippen LogP contribution in [0.5, 0.6) is 0 Å². The summed E-state index contributed by atoms with van der Waals surface area (Å²) in [5, 5.41) is 2.97. The van der Waals surface area contributed by atoms with Crippen LogP contribution in [0.2, 0.25) is 0 Å². The summed E-state index contributed by atoms with van der Waals surface area (Å²) in [4.78, 5) is 14.3. The van der Waals surface area contributed by atoms with E-state index in [1.54, 1.807) is 0 Å². The van der Waals surface area contributed by atoms with Crippen LogP contribution in [0.4, 0.5) is 5.69 Å². The highest BCUT2D eigenvalue weighted by Crippen LogP contribution is 2.20. The fourth-order valence-corrected chi connectivity index (χ4v) is 2.96. The van der Waals surface area contributed by atoms with Gasteiger partial charge in [0.2, 0.25) is 5.91 Å². The molecule has 1 aromatic rings. The molecule has 1 aliphatic heterocycles. The maximum Gasteiger partial charge on any atom is 0.238 e. The quantitative estimate of drug-likeness (QED) is 0.906. The third kappa shape index (κ3) is 4.35. The molecule has 0 spiro atoms. The third-order valence-corrected chi connectivity index (χ3v) is 3.65. The summed E-state index contributed by atoms with van der Waals surface area (Å²) >= 11 is 0. The lowest BCUT2D eigenvalue weighted by molar-refractivity contribution is -0.117. The van der Waals surface area contributed by atoms with Crippen LogP contribution >= 0.6 is 0 Å². The average molecular weight is 260 g/mol. The van der Waals surface area contributed by atoms with Gasteiger partial charge in [0.05, 0.1) is 6.54 Å². The zero-order valence-electron chi connectivity index (χ0n) is 12.1. The van der Waals surface area contributed by atoms with Gasteiger partial charge in [-0.15, -0.1) is 0 Å². The van der Waals surface area contributed by atoms with E-state index in [0.29, 0.717) is 18.4 Å². The van der Waals surface area contributed by atoms with Crippen LogP contribution in [-0.4, -0.2) is 30.4 Å². The zero-order chi connectivity index (χ0) is 13.8. The van der Waals surface area contributed by atoms with Crippen molar-refractivity contribution in [2.45, 2.75) is 27.2 Å². The number of likely N-dealkylation sites (tertiary alicyclic amines) is 1. The Morgan fingerprint density at radius 2 is 1.79 bits per heavy atom. The first-order valence-corrected chi connectivity index (χ1v) is 7.12. The molecule has 3 nitrogen and oxygen atoms in total. The molecule has 1 saturated heterocycles. The molecule has 0 unspecified atom stereocenters. The number of carbonyl (C=O) groups is 1. The lowest BCUT2D eigenvalue weighted by atomic mass is 9.92. The first kappa shape index (κ1) is 14.1. The van der Waals surface area contributed by atoms with Gasteiger partial charge in [-0.25, -0.2) is 0 Å². The molecule has 1 heterocycles. The number of aryl methyl sites for hydroxylation is 1. The highest BCUT2D eigenvalue weighted by atomic mass is 16.2. The molecule has 1 N–H and O–H groups in total. The Kier molecular flexibility index (Phi) is 4.59. The van der Waals surface area contributed by atoms with Crippen LogP contribution in [0, 0.1) is 18.8 Å². The topological polar surface area (TPSA) is 32.3 Å². The van der Waals surface area contributed by atoms with Crippen molar-refractivity contribution < 1.29 is 4.79 Å². The molecule has 2 rings (SSSR count). The summed E-state index contributed by atoms with van der Waals surface area (Å²) in [6, 6.07) is 7.94. The Morgan fingerprint density at radius 3 is 2.37 bits per heavy atom. The van der Waals surface area contributed by atoms with Gasteiger partial charge in [0.25, 0.3) is 0 Å². The summed E-state index contributed by atoms with van der Waals surface area (Å²) in [6.45, 7) is 9.14. The van der Waals surface area contributed by atoms with Gasteiger partial charge in [-0.2, -0.15) is 0 Å². The largest absolute Gasteiger partial charge is 0.325 e. The average Bonchev–Trinajstić information content (AvgIpc) is 2.30. The Balaban J connectivity index is 1.85. The van der Waals surface area contributed by atoms with Gasteiger partial charge in [-0.1, -0.05) is 31.5 Å². The summed E-state index contributed by atoms with van der Waals surface area (Å²) in [6.07, 6.45) is 1.27. The minimum absolute atomic E-state index is 0.0881. The van der Waals surface area contributed by atoms with Crippen LogP contribution < -0.4 is 5.32 Å². The predicted octanol–water partition coefficient (Wildman–Crippen LogP) is 2.91. The Bertz CT molecular complexity index is 417. The number of nitrogens with one attached hydrogen (secondary N) is 1. The maximum atomic E-state index is 12.0. The predicted molar refractivity (Wildman–Crippen MR) is 79.2 cm³/mol. The van der Waals surface area contributed by atoms with Crippen molar-refractivity contribution >= 4 is 11.6 Å². The first-order valence-electron chi connectivity index (χ1n) is 7.12. The second kappa shape index (κ2) is 6.20. The normalized spacial score (nSPS) is 24.2. The van der Waals surface area contributed by atoms with E-state index in [2.05, 4.69) is 24.1 Å². The van der Waals surface area contributed by atoms with E-state index in [0.717, 1.165) is 18.8 Å². The van der Waals surface area contributed by atoms with Crippen molar-refractivity contribution in [2.75, 3.05) is 25.0 Å². The monoisotopic (exact) mass is 260 g/mol. The number of hydrogen-bond donors (Lipinski definition) is 1. The number of anilines is 1. The van der Waals surface area contributed by atoms with Crippen LogP contribution in [0.15, 0.2) is 24.3 Å². The van der Waals surface area contributed by atoms with Crippen LogP contribution in [-0.2, 0) is 4.79 Å². The Labute approximate surface area is 116 Å². The van der Waals surface area contributed by atoms with E-state index in [1.807, 2.05) is 31.2 Å². The standard InChI is InChI=1S/C16H24N2O/c1-12-4-6-15(7-5-12)17-16(19)11-18-9-13(2)8-14(3)10-18/h4-7,13-14H,8-11H2,1-3H3,(H,17,19)/t13-,14+.